The Kier molecular flexibility index (Phi) is 6.07. The molecule has 0 saturated carbocycles. The predicted octanol–water partition coefficient (Wildman–Crippen LogP) is 1.73. The van der Waals surface area contributed by atoms with E-state index in [1.54, 1.807) is 19.0 Å². The van der Waals surface area contributed by atoms with Gasteiger partial charge >= 0.3 is 6.18 Å². The first-order chi connectivity index (χ1) is 12.9. The van der Waals surface area contributed by atoms with Crippen LogP contribution in [0, 0.1) is 20.2 Å². The standard InChI is InChI=1S/C15H18F3N5O5/c1-19(2)13(24)9-20-3-5-21(6-4-20)14-11(22(25)26)7-10(15(16,17)18)8-12(14)23(27)28/h7-8H,3-6,9H2,1-2H3. The molecular weight excluding hydrogens is 387 g/mol. The van der Waals surface area contributed by atoms with Gasteiger partial charge in [-0.25, -0.2) is 0 Å². The Balaban J connectivity index is 2.36. The molecule has 1 heterocycles. The van der Waals surface area contributed by atoms with Crippen LogP contribution in [0.3, 0.4) is 0 Å². The van der Waals surface area contributed by atoms with E-state index in [4.69, 9.17) is 0 Å². The zero-order valence-corrected chi connectivity index (χ0v) is 15.1. The van der Waals surface area contributed by atoms with Crippen molar-refractivity contribution in [1.82, 2.24) is 9.80 Å². The Bertz CT molecular complexity index is 756. The summed E-state index contributed by atoms with van der Waals surface area (Å²) in [6, 6.07) is 0.620. The molecule has 0 aliphatic carbocycles. The van der Waals surface area contributed by atoms with Gasteiger partial charge < -0.3 is 9.80 Å². The van der Waals surface area contributed by atoms with Crippen molar-refractivity contribution >= 4 is 23.0 Å². The van der Waals surface area contributed by atoms with Gasteiger partial charge in [0.1, 0.15) is 0 Å². The van der Waals surface area contributed by atoms with Crippen molar-refractivity contribution in [1.29, 1.82) is 0 Å². The molecule has 1 aliphatic heterocycles. The van der Waals surface area contributed by atoms with Crippen LogP contribution in [-0.2, 0) is 11.0 Å². The summed E-state index contributed by atoms with van der Waals surface area (Å²) in [5, 5.41) is 22.7. The maximum Gasteiger partial charge on any atom is 0.416 e. The van der Waals surface area contributed by atoms with Crippen LogP contribution < -0.4 is 4.90 Å². The third-order valence-corrected chi connectivity index (χ3v) is 4.34. The van der Waals surface area contributed by atoms with Gasteiger partial charge in [-0.1, -0.05) is 0 Å². The minimum Gasteiger partial charge on any atom is -0.358 e. The van der Waals surface area contributed by atoms with E-state index in [1.165, 1.54) is 9.80 Å². The van der Waals surface area contributed by atoms with Crippen LogP contribution in [0.25, 0.3) is 0 Å². The monoisotopic (exact) mass is 405 g/mol. The second-order valence-electron chi connectivity index (χ2n) is 6.43. The first kappa shape index (κ1) is 21.3. The first-order valence-electron chi connectivity index (χ1n) is 8.13. The van der Waals surface area contributed by atoms with Gasteiger partial charge in [0.2, 0.25) is 5.91 Å². The topological polar surface area (TPSA) is 113 Å². The quantitative estimate of drug-likeness (QED) is 0.541. The lowest BCUT2D eigenvalue weighted by Crippen LogP contribution is -2.49. The smallest absolute Gasteiger partial charge is 0.358 e. The van der Waals surface area contributed by atoms with Crippen molar-refractivity contribution in [2.24, 2.45) is 0 Å². The zero-order valence-electron chi connectivity index (χ0n) is 15.1. The molecule has 1 fully saturated rings. The number of nitro benzene ring substituents is 2. The van der Waals surface area contributed by atoms with E-state index in [-0.39, 0.29) is 38.6 Å². The molecule has 154 valence electrons. The summed E-state index contributed by atoms with van der Waals surface area (Å²) < 4.78 is 39.0. The molecule has 1 amide bonds. The maximum absolute atomic E-state index is 13.0. The summed E-state index contributed by atoms with van der Waals surface area (Å²) in [5.41, 5.74) is -3.86. The molecule has 1 aromatic rings. The molecule has 1 aliphatic rings. The van der Waals surface area contributed by atoms with Crippen molar-refractivity contribution < 1.29 is 27.8 Å². The van der Waals surface area contributed by atoms with Crippen molar-refractivity contribution in [3.63, 3.8) is 0 Å². The average molecular weight is 405 g/mol. The summed E-state index contributed by atoms with van der Waals surface area (Å²) in [6.07, 6.45) is -4.96. The highest BCUT2D eigenvalue weighted by Gasteiger charge is 2.39. The Morgan fingerprint density at radius 3 is 1.89 bits per heavy atom. The Labute approximate surface area is 157 Å². The number of rotatable bonds is 5. The third-order valence-electron chi connectivity index (χ3n) is 4.34. The first-order valence-corrected chi connectivity index (χ1v) is 8.13. The largest absolute Gasteiger partial charge is 0.416 e. The van der Waals surface area contributed by atoms with Gasteiger partial charge in [0, 0.05) is 52.4 Å². The molecule has 0 aromatic heterocycles. The molecule has 1 aromatic carbocycles. The number of nitro groups is 2. The fourth-order valence-electron chi connectivity index (χ4n) is 2.83. The summed E-state index contributed by atoms with van der Waals surface area (Å²) >= 11 is 0. The number of benzene rings is 1. The average Bonchev–Trinajstić information content (AvgIpc) is 2.60. The van der Waals surface area contributed by atoms with Crippen LogP contribution in [-0.4, -0.2) is 72.4 Å². The third kappa shape index (κ3) is 4.65. The Hall–Kier alpha value is -2.96. The van der Waals surface area contributed by atoms with Gasteiger partial charge in [-0.2, -0.15) is 13.2 Å². The van der Waals surface area contributed by atoms with Crippen LogP contribution in [0.4, 0.5) is 30.2 Å². The molecule has 0 radical (unpaired) electrons. The number of carbonyl (C=O) groups excluding carboxylic acids is 1. The van der Waals surface area contributed by atoms with E-state index in [0.29, 0.717) is 12.1 Å². The van der Waals surface area contributed by atoms with E-state index < -0.39 is 38.6 Å². The van der Waals surface area contributed by atoms with Crippen molar-refractivity contribution in [2.45, 2.75) is 6.18 Å². The minimum atomic E-state index is -4.96. The SMILES string of the molecule is CN(C)C(=O)CN1CCN(c2c([N+](=O)[O-])cc(C(F)(F)F)cc2[N+](=O)[O-])CC1. The molecule has 0 unspecified atom stereocenters. The second-order valence-corrected chi connectivity index (χ2v) is 6.43. The molecule has 10 nitrogen and oxygen atoms in total. The number of hydrogen-bond acceptors (Lipinski definition) is 7. The number of hydrogen-bond donors (Lipinski definition) is 0. The highest BCUT2D eigenvalue weighted by atomic mass is 19.4. The zero-order chi connectivity index (χ0) is 21.2. The van der Waals surface area contributed by atoms with E-state index in [0.717, 1.165) is 0 Å². The number of likely N-dealkylation sites (N-methyl/N-ethyl adjacent to an activating group) is 1. The van der Waals surface area contributed by atoms with Crippen LogP contribution in [0.5, 0.6) is 0 Å². The molecule has 0 N–H and O–H groups in total. The highest BCUT2D eigenvalue weighted by molar-refractivity contribution is 5.78. The Morgan fingerprint density at radius 2 is 1.54 bits per heavy atom. The molecule has 0 spiro atoms. The molecule has 0 bridgehead atoms. The minimum absolute atomic E-state index is 0.0910. The van der Waals surface area contributed by atoms with Crippen LogP contribution in [0.1, 0.15) is 5.56 Å². The summed E-state index contributed by atoms with van der Waals surface area (Å²) in [7, 11) is 3.18. The second kappa shape index (κ2) is 7.96. The molecule has 13 heteroatoms. The molecule has 2 rings (SSSR count). The number of piperazine rings is 1. The lowest BCUT2D eigenvalue weighted by Gasteiger charge is -2.35. The summed E-state index contributed by atoms with van der Waals surface area (Å²) in [4.78, 5) is 36.8. The van der Waals surface area contributed by atoms with Crippen molar-refractivity contribution in [3.8, 4) is 0 Å². The molecular formula is C15H18F3N5O5. The highest BCUT2D eigenvalue weighted by Crippen LogP contribution is 2.43. The van der Waals surface area contributed by atoms with Gasteiger partial charge in [-0.3, -0.25) is 29.9 Å². The number of carbonyl (C=O) groups is 1. The number of nitrogens with zero attached hydrogens (tertiary/aromatic N) is 5. The van der Waals surface area contributed by atoms with E-state index >= 15 is 0 Å². The van der Waals surface area contributed by atoms with E-state index in [1.807, 2.05) is 0 Å². The lowest BCUT2D eigenvalue weighted by atomic mass is 10.1. The molecule has 0 atom stereocenters. The number of amides is 1. The Morgan fingerprint density at radius 1 is 1.07 bits per heavy atom. The number of anilines is 1. The normalized spacial score (nSPS) is 15.4. The number of halogens is 3. The van der Waals surface area contributed by atoms with Gasteiger partial charge in [0.25, 0.3) is 11.4 Å². The summed E-state index contributed by atoms with van der Waals surface area (Å²) in [6.45, 7) is 0.837. The van der Waals surface area contributed by atoms with Gasteiger partial charge in [-0.15, -0.1) is 0 Å². The fraction of sp³-hybridized carbons (Fsp3) is 0.533. The van der Waals surface area contributed by atoms with Gasteiger partial charge in [-0.05, 0) is 0 Å². The fourth-order valence-corrected chi connectivity index (χ4v) is 2.83. The maximum atomic E-state index is 13.0. The van der Waals surface area contributed by atoms with E-state index in [9.17, 15) is 38.2 Å². The summed E-state index contributed by atoms with van der Waals surface area (Å²) in [5.74, 6) is -0.153. The van der Waals surface area contributed by atoms with Crippen molar-refractivity contribution in [3.05, 3.63) is 37.9 Å². The van der Waals surface area contributed by atoms with Gasteiger partial charge in [0.15, 0.2) is 5.69 Å². The van der Waals surface area contributed by atoms with Crippen molar-refractivity contribution in [2.75, 3.05) is 51.7 Å². The van der Waals surface area contributed by atoms with Crippen LogP contribution >= 0.6 is 0 Å². The van der Waals surface area contributed by atoms with E-state index in [2.05, 4.69) is 0 Å². The molecule has 1 saturated heterocycles. The van der Waals surface area contributed by atoms with Crippen LogP contribution in [0.15, 0.2) is 12.1 Å². The van der Waals surface area contributed by atoms with Gasteiger partial charge in [0.05, 0.1) is 22.0 Å². The predicted molar refractivity (Wildman–Crippen MR) is 92.1 cm³/mol. The molecule has 28 heavy (non-hydrogen) atoms. The van der Waals surface area contributed by atoms with Crippen LogP contribution in [0.2, 0.25) is 0 Å². The number of alkyl halides is 3. The lowest BCUT2D eigenvalue weighted by molar-refractivity contribution is -0.393.